The predicted molar refractivity (Wildman–Crippen MR) is 46.2 cm³/mol. The van der Waals surface area contributed by atoms with E-state index in [1.165, 1.54) is 6.26 Å². The lowest BCUT2D eigenvalue weighted by Crippen LogP contribution is -2.28. The molecule has 0 saturated carbocycles. The van der Waals surface area contributed by atoms with E-state index in [1.807, 2.05) is 13.8 Å². The second kappa shape index (κ2) is 4.07. The van der Waals surface area contributed by atoms with Gasteiger partial charge >= 0.3 is 0 Å². The molecule has 0 fully saturated rings. The van der Waals surface area contributed by atoms with Crippen LogP contribution in [0.3, 0.4) is 0 Å². The zero-order chi connectivity index (χ0) is 8.97. The Morgan fingerprint density at radius 3 is 2.92 bits per heavy atom. The maximum atomic E-state index is 11.3. The van der Waals surface area contributed by atoms with Gasteiger partial charge in [-0.1, -0.05) is 13.8 Å². The lowest BCUT2D eigenvalue weighted by molar-refractivity contribution is 0.0962. The van der Waals surface area contributed by atoms with Crippen molar-refractivity contribution in [2.75, 3.05) is 6.54 Å². The van der Waals surface area contributed by atoms with Crippen molar-refractivity contribution in [1.29, 1.82) is 0 Å². The summed E-state index contributed by atoms with van der Waals surface area (Å²) in [7, 11) is 0. The molecule has 0 amide bonds. The number of hydrogen-bond acceptors (Lipinski definition) is 3. The molecule has 0 aliphatic rings. The molecule has 3 nitrogen and oxygen atoms in total. The summed E-state index contributed by atoms with van der Waals surface area (Å²) in [5.74, 6) is 0.414. The molecular formula is C9H13NO2. The highest BCUT2D eigenvalue weighted by Gasteiger charge is 2.07. The van der Waals surface area contributed by atoms with E-state index in [-0.39, 0.29) is 5.78 Å². The Kier molecular flexibility index (Phi) is 3.05. The number of rotatable bonds is 4. The smallest absolute Gasteiger partial charge is 0.211 e. The van der Waals surface area contributed by atoms with Crippen LogP contribution in [0.1, 0.15) is 24.4 Å². The molecule has 0 saturated heterocycles. The molecule has 3 heteroatoms. The van der Waals surface area contributed by atoms with E-state index in [9.17, 15) is 4.79 Å². The first-order valence-electron chi connectivity index (χ1n) is 4.00. The normalized spacial score (nSPS) is 10.6. The highest BCUT2D eigenvalue weighted by molar-refractivity contribution is 5.94. The van der Waals surface area contributed by atoms with Crippen molar-refractivity contribution in [3.8, 4) is 0 Å². The van der Waals surface area contributed by atoms with Crippen LogP contribution in [0.25, 0.3) is 0 Å². The largest absolute Gasteiger partial charge is 0.461 e. The first-order chi connectivity index (χ1) is 5.70. The summed E-state index contributed by atoms with van der Waals surface area (Å²) in [6, 6.07) is 3.70. The minimum atomic E-state index is -0.00583. The van der Waals surface area contributed by atoms with Crippen LogP contribution in [-0.2, 0) is 0 Å². The minimum Gasteiger partial charge on any atom is -0.461 e. The molecule has 0 bridgehead atoms. The van der Waals surface area contributed by atoms with Gasteiger partial charge < -0.3 is 9.73 Å². The molecule has 0 spiro atoms. The molecule has 1 aromatic rings. The van der Waals surface area contributed by atoms with Gasteiger partial charge in [-0.25, -0.2) is 0 Å². The molecule has 1 N–H and O–H groups in total. The minimum absolute atomic E-state index is 0.00583. The first kappa shape index (κ1) is 9.00. The van der Waals surface area contributed by atoms with Crippen molar-refractivity contribution < 1.29 is 9.21 Å². The van der Waals surface area contributed by atoms with E-state index in [0.717, 1.165) is 0 Å². The predicted octanol–water partition coefficient (Wildman–Crippen LogP) is 1.46. The highest BCUT2D eigenvalue weighted by atomic mass is 16.3. The van der Waals surface area contributed by atoms with Crippen LogP contribution in [0, 0.1) is 0 Å². The zero-order valence-corrected chi connectivity index (χ0v) is 7.33. The van der Waals surface area contributed by atoms with E-state index in [2.05, 4.69) is 5.32 Å². The lowest BCUT2D eigenvalue weighted by Gasteiger charge is -2.04. The topological polar surface area (TPSA) is 42.2 Å². The van der Waals surface area contributed by atoms with Crippen molar-refractivity contribution in [2.24, 2.45) is 0 Å². The number of hydrogen-bond donors (Lipinski definition) is 1. The standard InChI is InChI=1S/C9H13NO2/c1-7(2)10-6-8(11)9-4-3-5-12-9/h3-5,7,10H,6H2,1-2H3. The molecule has 66 valence electrons. The van der Waals surface area contributed by atoms with Crippen LogP contribution in [0.2, 0.25) is 0 Å². The van der Waals surface area contributed by atoms with E-state index in [0.29, 0.717) is 18.3 Å². The lowest BCUT2D eigenvalue weighted by atomic mass is 10.3. The van der Waals surface area contributed by atoms with Gasteiger partial charge in [-0.05, 0) is 12.1 Å². The van der Waals surface area contributed by atoms with Gasteiger partial charge in [0.2, 0.25) is 5.78 Å². The molecular weight excluding hydrogens is 154 g/mol. The van der Waals surface area contributed by atoms with Gasteiger partial charge in [-0.3, -0.25) is 4.79 Å². The maximum Gasteiger partial charge on any atom is 0.211 e. The summed E-state index contributed by atoms with van der Waals surface area (Å²) in [6.45, 7) is 4.33. The molecule has 0 unspecified atom stereocenters. The Labute approximate surface area is 71.8 Å². The molecule has 1 rings (SSSR count). The van der Waals surface area contributed by atoms with Gasteiger partial charge in [-0.2, -0.15) is 0 Å². The number of nitrogens with one attached hydrogen (secondary N) is 1. The van der Waals surface area contributed by atoms with Gasteiger partial charge in [0.15, 0.2) is 5.76 Å². The monoisotopic (exact) mass is 167 g/mol. The molecule has 0 radical (unpaired) electrons. The highest BCUT2D eigenvalue weighted by Crippen LogP contribution is 2.00. The van der Waals surface area contributed by atoms with Crippen LogP contribution >= 0.6 is 0 Å². The van der Waals surface area contributed by atoms with Crippen molar-refractivity contribution in [3.63, 3.8) is 0 Å². The number of ketones is 1. The van der Waals surface area contributed by atoms with E-state index in [1.54, 1.807) is 12.1 Å². The third-order valence-corrected chi connectivity index (χ3v) is 1.47. The third-order valence-electron chi connectivity index (χ3n) is 1.47. The summed E-state index contributed by atoms with van der Waals surface area (Å²) in [5.41, 5.74) is 0. The molecule has 1 aromatic heterocycles. The van der Waals surface area contributed by atoms with Gasteiger partial charge in [0.1, 0.15) is 0 Å². The molecule has 1 heterocycles. The second-order valence-electron chi connectivity index (χ2n) is 2.94. The molecule has 0 aromatic carbocycles. The van der Waals surface area contributed by atoms with Gasteiger partial charge in [0.05, 0.1) is 12.8 Å². The molecule has 0 aliphatic carbocycles. The van der Waals surface area contributed by atoms with E-state index >= 15 is 0 Å². The number of Topliss-reactive ketones (excluding diaryl/α,β-unsaturated/α-hetero) is 1. The Hall–Kier alpha value is -1.09. The third kappa shape index (κ3) is 2.51. The van der Waals surface area contributed by atoms with Crippen LogP contribution in [0.4, 0.5) is 0 Å². The van der Waals surface area contributed by atoms with Gasteiger partial charge in [0, 0.05) is 6.04 Å². The van der Waals surface area contributed by atoms with E-state index in [4.69, 9.17) is 4.42 Å². The Morgan fingerprint density at radius 1 is 1.67 bits per heavy atom. The van der Waals surface area contributed by atoms with Crippen LogP contribution in [0.5, 0.6) is 0 Å². The number of carbonyl (C=O) groups is 1. The van der Waals surface area contributed by atoms with Crippen molar-refractivity contribution in [3.05, 3.63) is 24.2 Å². The quantitative estimate of drug-likeness (QED) is 0.690. The van der Waals surface area contributed by atoms with Gasteiger partial charge in [0.25, 0.3) is 0 Å². The number of furan rings is 1. The SMILES string of the molecule is CC(C)NCC(=O)c1ccco1. The average molecular weight is 167 g/mol. The van der Waals surface area contributed by atoms with Crippen LogP contribution in [-0.4, -0.2) is 18.4 Å². The first-order valence-corrected chi connectivity index (χ1v) is 4.00. The fourth-order valence-corrected chi connectivity index (χ4v) is 0.821. The van der Waals surface area contributed by atoms with E-state index < -0.39 is 0 Å². The number of carbonyl (C=O) groups excluding carboxylic acids is 1. The van der Waals surface area contributed by atoms with Crippen LogP contribution in [0.15, 0.2) is 22.8 Å². The molecule has 0 aliphatic heterocycles. The van der Waals surface area contributed by atoms with Crippen molar-refractivity contribution in [1.82, 2.24) is 5.32 Å². The fourth-order valence-electron chi connectivity index (χ4n) is 0.821. The zero-order valence-electron chi connectivity index (χ0n) is 7.33. The Morgan fingerprint density at radius 2 is 2.42 bits per heavy atom. The Bertz CT molecular complexity index is 239. The second-order valence-corrected chi connectivity index (χ2v) is 2.94. The molecule has 12 heavy (non-hydrogen) atoms. The average Bonchev–Trinajstić information content (AvgIpc) is 2.51. The maximum absolute atomic E-state index is 11.3. The summed E-state index contributed by atoms with van der Waals surface area (Å²) < 4.78 is 4.94. The fraction of sp³-hybridized carbons (Fsp3) is 0.444. The summed E-state index contributed by atoms with van der Waals surface area (Å²) in [4.78, 5) is 11.3. The van der Waals surface area contributed by atoms with Crippen molar-refractivity contribution >= 4 is 5.78 Å². The Balaban J connectivity index is 2.40. The summed E-state index contributed by atoms with van der Waals surface area (Å²) in [5, 5.41) is 3.02. The van der Waals surface area contributed by atoms with Gasteiger partial charge in [-0.15, -0.1) is 0 Å². The summed E-state index contributed by atoms with van der Waals surface area (Å²) >= 11 is 0. The molecule has 0 atom stereocenters. The van der Waals surface area contributed by atoms with Crippen molar-refractivity contribution in [2.45, 2.75) is 19.9 Å². The summed E-state index contributed by atoms with van der Waals surface area (Å²) in [6.07, 6.45) is 1.50. The van der Waals surface area contributed by atoms with Crippen LogP contribution < -0.4 is 5.32 Å².